The number of hydrogen-bond acceptors (Lipinski definition) is 2. The van der Waals surface area contributed by atoms with Crippen molar-refractivity contribution in [1.82, 2.24) is 0 Å². The van der Waals surface area contributed by atoms with Gasteiger partial charge in [-0.15, -0.1) is 0 Å². The third-order valence-electron chi connectivity index (χ3n) is 3.81. The molecule has 0 fully saturated rings. The van der Waals surface area contributed by atoms with Crippen LogP contribution >= 0.6 is 0 Å². The summed E-state index contributed by atoms with van der Waals surface area (Å²) >= 11 is 0. The predicted molar refractivity (Wildman–Crippen MR) is 87.5 cm³/mol. The first-order chi connectivity index (χ1) is 10.1. The molecule has 0 bridgehead atoms. The highest BCUT2D eigenvalue weighted by atomic mass is 16.1. The smallest absolute Gasteiger partial charge is 0.162 e. The first-order valence-electron chi connectivity index (χ1n) is 7.51. The lowest BCUT2D eigenvalue weighted by Gasteiger charge is -2.11. The zero-order valence-electron chi connectivity index (χ0n) is 12.8. The van der Waals surface area contributed by atoms with Gasteiger partial charge in [0.15, 0.2) is 5.78 Å². The lowest BCUT2D eigenvalue weighted by atomic mass is 9.97. The highest BCUT2D eigenvalue weighted by Gasteiger charge is 2.11. The van der Waals surface area contributed by atoms with Gasteiger partial charge in [-0.1, -0.05) is 68.4 Å². The molecular formula is C19H23NO. The number of carbonyl (C=O) groups is 1. The SMILES string of the molecule is CC(C)c1ccc(C(=O)CCC(N)c2ccccc2)cc1. The maximum absolute atomic E-state index is 12.2. The van der Waals surface area contributed by atoms with Gasteiger partial charge in [-0.05, 0) is 23.5 Å². The van der Waals surface area contributed by atoms with E-state index < -0.39 is 0 Å². The van der Waals surface area contributed by atoms with Crippen molar-refractivity contribution < 1.29 is 4.79 Å². The van der Waals surface area contributed by atoms with Gasteiger partial charge in [-0.25, -0.2) is 0 Å². The maximum Gasteiger partial charge on any atom is 0.162 e. The van der Waals surface area contributed by atoms with E-state index in [1.165, 1.54) is 5.56 Å². The van der Waals surface area contributed by atoms with Crippen molar-refractivity contribution in [3.8, 4) is 0 Å². The average Bonchev–Trinajstić information content (AvgIpc) is 2.53. The molecule has 1 atom stereocenters. The number of nitrogens with two attached hydrogens (primary N) is 1. The molecule has 2 aromatic rings. The molecule has 0 aromatic heterocycles. The van der Waals surface area contributed by atoms with Gasteiger partial charge in [0.1, 0.15) is 0 Å². The minimum atomic E-state index is -0.0786. The van der Waals surface area contributed by atoms with Gasteiger partial charge in [0, 0.05) is 18.0 Å². The quantitative estimate of drug-likeness (QED) is 0.794. The fourth-order valence-corrected chi connectivity index (χ4v) is 2.35. The fraction of sp³-hybridized carbons (Fsp3) is 0.316. The van der Waals surface area contributed by atoms with E-state index in [0.29, 0.717) is 18.8 Å². The zero-order chi connectivity index (χ0) is 15.2. The highest BCUT2D eigenvalue weighted by molar-refractivity contribution is 5.96. The second-order valence-corrected chi connectivity index (χ2v) is 5.76. The largest absolute Gasteiger partial charge is 0.324 e. The third kappa shape index (κ3) is 4.27. The minimum Gasteiger partial charge on any atom is -0.324 e. The van der Waals surface area contributed by atoms with Gasteiger partial charge in [0.2, 0.25) is 0 Å². The van der Waals surface area contributed by atoms with Crippen LogP contribution in [0, 0.1) is 0 Å². The zero-order valence-corrected chi connectivity index (χ0v) is 12.8. The van der Waals surface area contributed by atoms with Gasteiger partial charge in [-0.3, -0.25) is 4.79 Å². The van der Waals surface area contributed by atoms with Crippen molar-refractivity contribution >= 4 is 5.78 Å². The second kappa shape index (κ2) is 7.19. The van der Waals surface area contributed by atoms with E-state index in [-0.39, 0.29) is 11.8 Å². The molecule has 2 nitrogen and oxygen atoms in total. The summed E-state index contributed by atoms with van der Waals surface area (Å²) in [4.78, 5) is 12.2. The molecule has 2 N–H and O–H groups in total. The molecule has 2 aromatic carbocycles. The first kappa shape index (κ1) is 15.5. The van der Waals surface area contributed by atoms with Crippen LogP contribution in [0.3, 0.4) is 0 Å². The van der Waals surface area contributed by atoms with Gasteiger partial charge >= 0.3 is 0 Å². The van der Waals surface area contributed by atoms with Gasteiger partial charge in [0.25, 0.3) is 0 Å². The molecule has 0 aliphatic carbocycles. The molecule has 2 rings (SSSR count). The summed E-state index contributed by atoms with van der Waals surface area (Å²) in [6.45, 7) is 4.30. The van der Waals surface area contributed by atoms with Crippen molar-refractivity contribution in [2.75, 3.05) is 0 Å². The lowest BCUT2D eigenvalue weighted by Crippen LogP contribution is -2.12. The average molecular weight is 281 g/mol. The molecule has 2 heteroatoms. The van der Waals surface area contributed by atoms with Crippen LogP contribution in [0.5, 0.6) is 0 Å². The molecule has 0 aliphatic rings. The highest BCUT2D eigenvalue weighted by Crippen LogP contribution is 2.19. The number of ketones is 1. The summed E-state index contributed by atoms with van der Waals surface area (Å²) < 4.78 is 0. The number of benzene rings is 2. The van der Waals surface area contributed by atoms with Crippen molar-refractivity contribution in [2.45, 2.75) is 38.6 Å². The monoisotopic (exact) mass is 281 g/mol. The van der Waals surface area contributed by atoms with Crippen LogP contribution in [-0.2, 0) is 0 Å². The Hall–Kier alpha value is -1.93. The van der Waals surface area contributed by atoms with Crippen LogP contribution in [0.15, 0.2) is 54.6 Å². The van der Waals surface area contributed by atoms with E-state index in [1.54, 1.807) is 0 Å². The molecule has 1 unspecified atom stereocenters. The summed E-state index contributed by atoms with van der Waals surface area (Å²) in [5.41, 5.74) is 9.25. The lowest BCUT2D eigenvalue weighted by molar-refractivity contribution is 0.0977. The topological polar surface area (TPSA) is 43.1 Å². The van der Waals surface area contributed by atoms with Crippen molar-refractivity contribution in [3.05, 3.63) is 71.3 Å². The summed E-state index contributed by atoms with van der Waals surface area (Å²) in [6.07, 6.45) is 1.16. The van der Waals surface area contributed by atoms with E-state index in [0.717, 1.165) is 11.1 Å². The van der Waals surface area contributed by atoms with Gasteiger partial charge < -0.3 is 5.73 Å². The predicted octanol–water partition coefficient (Wildman–Crippen LogP) is 4.47. The van der Waals surface area contributed by atoms with Crippen molar-refractivity contribution in [1.29, 1.82) is 0 Å². The number of hydrogen-bond donors (Lipinski definition) is 1. The van der Waals surface area contributed by atoms with Gasteiger partial charge in [-0.2, -0.15) is 0 Å². The minimum absolute atomic E-state index is 0.0786. The summed E-state index contributed by atoms with van der Waals surface area (Å²) in [5.74, 6) is 0.650. The fourth-order valence-electron chi connectivity index (χ4n) is 2.35. The van der Waals surface area contributed by atoms with E-state index in [4.69, 9.17) is 5.73 Å². The molecule has 0 heterocycles. The summed E-state index contributed by atoms with van der Waals surface area (Å²) in [5, 5.41) is 0. The number of carbonyl (C=O) groups excluding carboxylic acids is 1. The Bertz CT molecular complexity index is 572. The van der Waals surface area contributed by atoms with Crippen LogP contribution in [0.2, 0.25) is 0 Å². The summed E-state index contributed by atoms with van der Waals surface area (Å²) in [6, 6.07) is 17.8. The Labute approximate surface area is 127 Å². The Kier molecular flexibility index (Phi) is 5.29. The second-order valence-electron chi connectivity index (χ2n) is 5.76. The Morgan fingerprint density at radius 1 is 0.952 bits per heavy atom. The van der Waals surface area contributed by atoms with Crippen LogP contribution in [-0.4, -0.2) is 5.78 Å². The Morgan fingerprint density at radius 3 is 2.14 bits per heavy atom. The molecule has 110 valence electrons. The van der Waals surface area contributed by atoms with E-state index in [1.807, 2.05) is 54.6 Å². The van der Waals surface area contributed by atoms with Crippen LogP contribution in [0.25, 0.3) is 0 Å². The molecule has 0 saturated carbocycles. The molecule has 0 saturated heterocycles. The van der Waals surface area contributed by atoms with Crippen molar-refractivity contribution in [2.24, 2.45) is 5.73 Å². The standard InChI is InChI=1S/C19H23NO/c1-14(2)15-8-10-17(11-9-15)19(21)13-12-18(20)16-6-4-3-5-7-16/h3-11,14,18H,12-13,20H2,1-2H3. The Balaban J connectivity index is 1.92. The Morgan fingerprint density at radius 2 is 1.57 bits per heavy atom. The van der Waals surface area contributed by atoms with Crippen molar-refractivity contribution in [3.63, 3.8) is 0 Å². The van der Waals surface area contributed by atoms with E-state index in [9.17, 15) is 4.79 Å². The number of Topliss-reactive ketones (excluding diaryl/α,β-unsaturated/α-hetero) is 1. The molecule has 0 spiro atoms. The van der Waals surface area contributed by atoms with E-state index in [2.05, 4.69) is 13.8 Å². The maximum atomic E-state index is 12.2. The molecule has 0 amide bonds. The molecular weight excluding hydrogens is 258 g/mol. The third-order valence-corrected chi connectivity index (χ3v) is 3.81. The normalized spacial score (nSPS) is 12.4. The molecule has 0 aliphatic heterocycles. The number of rotatable bonds is 6. The first-order valence-corrected chi connectivity index (χ1v) is 7.51. The van der Waals surface area contributed by atoms with Crippen LogP contribution < -0.4 is 5.73 Å². The molecule has 0 radical (unpaired) electrons. The van der Waals surface area contributed by atoms with E-state index >= 15 is 0 Å². The summed E-state index contributed by atoms with van der Waals surface area (Å²) in [7, 11) is 0. The van der Waals surface area contributed by atoms with Gasteiger partial charge in [0.05, 0.1) is 0 Å². The van der Waals surface area contributed by atoms with Crippen LogP contribution in [0.4, 0.5) is 0 Å². The van der Waals surface area contributed by atoms with Crippen LogP contribution in [0.1, 0.15) is 60.1 Å². The molecule has 21 heavy (non-hydrogen) atoms.